The van der Waals surface area contributed by atoms with Gasteiger partial charge in [-0.1, -0.05) is 30.3 Å². The highest BCUT2D eigenvalue weighted by Crippen LogP contribution is 2.38. The lowest BCUT2D eigenvalue weighted by Crippen LogP contribution is -2.50. The zero-order valence-corrected chi connectivity index (χ0v) is 11.1. The van der Waals surface area contributed by atoms with Gasteiger partial charge in [-0.2, -0.15) is 0 Å². The Kier molecular flexibility index (Phi) is 3.85. The van der Waals surface area contributed by atoms with Crippen molar-refractivity contribution >= 4 is 11.8 Å². The van der Waals surface area contributed by atoms with Gasteiger partial charge in [-0.05, 0) is 5.56 Å². The maximum atomic E-state index is 12.2. The maximum absolute atomic E-state index is 12.2. The number of carbonyl (C=O) groups is 2. The molecule has 19 heavy (non-hydrogen) atoms. The normalized spacial score (nSPS) is 24.6. The molecule has 2 amide bonds. The van der Waals surface area contributed by atoms with E-state index < -0.39 is 5.54 Å². The van der Waals surface area contributed by atoms with Crippen LogP contribution in [0.4, 0.5) is 0 Å². The van der Waals surface area contributed by atoms with Crippen LogP contribution in [0.25, 0.3) is 0 Å². The van der Waals surface area contributed by atoms with Crippen molar-refractivity contribution in [1.82, 2.24) is 10.6 Å². The number of methoxy groups -OCH3 is 1. The van der Waals surface area contributed by atoms with E-state index in [2.05, 4.69) is 10.6 Å². The molecule has 1 saturated carbocycles. The second kappa shape index (κ2) is 5.40. The predicted molar refractivity (Wildman–Crippen MR) is 70.3 cm³/mol. The molecule has 0 spiro atoms. The van der Waals surface area contributed by atoms with Gasteiger partial charge in [0.1, 0.15) is 5.54 Å². The van der Waals surface area contributed by atoms with Crippen molar-refractivity contribution in [3.8, 4) is 0 Å². The first-order valence-corrected chi connectivity index (χ1v) is 6.22. The van der Waals surface area contributed by atoms with E-state index in [9.17, 15) is 9.59 Å². The lowest BCUT2D eigenvalue weighted by Gasteiger charge is -2.17. The highest BCUT2D eigenvalue weighted by molar-refractivity contribution is 5.94. The van der Waals surface area contributed by atoms with Gasteiger partial charge in [-0.25, -0.2) is 0 Å². The highest BCUT2D eigenvalue weighted by atomic mass is 16.5. The Morgan fingerprint density at radius 2 is 2.05 bits per heavy atom. The van der Waals surface area contributed by atoms with Gasteiger partial charge in [0.05, 0.1) is 6.10 Å². The van der Waals surface area contributed by atoms with Gasteiger partial charge in [-0.15, -0.1) is 0 Å². The van der Waals surface area contributed by atoms with Crippen LogP contribution in [0.1, 0.15) is 18.9 Å². The molecule has 1 aliphatic carbocycles. The largest absolute Gasteiger partial charge is 0.378 e. The zero-order chi connectivity index (χ0) is 13.9. The summed E-state index contributed by atoms with van der Waals surface area (Å²) >= 11 is 0. The summed E-state index contributed by atoms with van der Waals surface area (Å²) in [5.41, 5.74) is 0.124. The van der Waals surface area contributed by atoms with E-state index in [0.717, 1.165) is 5.56 Å². The van der Waals surface area contributed by atoms with Crippen LogP contribution in [0.15, 0.2) is 30.3 Å². The topological polar surface area (TPSA) is 67.4 Å². The fourth-order valence-corrected chi connectivity index (χ4v) is 2.20. The molecule has 0 saturated heterocycles. The third kappa shape index (κ3) is 2.93. The average Bonchev–Trinajstić information content (AvgIpc) is 3.11. The van der Waals surface area contributed by atoms with Crippen LogP contribution in [0.5, 0.6) is 0 Å². The van der Waals surface area contributed by atoms with Crippen LogP contribution >= 0.6 is 0 Å². The molecule has 0 aromatic heterocycles. The van der Waals surface area contributed by atoms with E-state index in [1.807, 2.05) is 30.3 Å². The van der Waals surface area contributed by atoms with Crippen molar-refractivity contribution < 1.29 is 14.3 Å². The number of ether oxygens (including phenoxy) is 1. The zero-order valence-electron chi connectivity index (χ0n) is 11.1. The van der Waals surface area contributed by atoms with E-state index in [1.165, 1.54) is 6.92 Å². The molecular weight excluding hydrogens is 244 g/mol. The lowest BCUT2D eigenvalue weighted by atomic mass is 10.2. The standard InChI is InChI=1S/C14H18N2O3/c1-10(17)16-14(8-12(14)19-2)13(18)15-9-11-6-4-3-5-7-11/h3-7,12H,8-9H2,1-2H3,(H,15,18)(H,16,17). The second-order valence-electron chi connectivity index (χ2n) is 4.75. The molecule has 1 aliphatic rings. The van der Waals surface area contributed by atoms with Gasteiger partial charge < -0.3 is 15.4 Å². The molecule has 1 fully saturated rings. The summed E-state index contributed by atoms with van der Waals surface area (Å²) < 4.78 is 5.18. The van der Waals surface area contributed by atoms with Gasteiger partial charge in [-0.3, -0.25) is 9.59 Å². The van der Waals surface area contributed by atoms with Crippen LogP contribution in [-0.2, 0) is 20.9 Å². The van der Waals surface area contributed by atoms with Crippen molar-refractivity contribution in [2.24, 2.45) is 0 Å². The molecule has 0 heterocycles. The average molecular weight is 262 g/mol. The Morgan fingerprint density at radius 1 is 1.37 bits per heavy atom. The minimum Gasteiger partial charge on any atom is -0.378 e. The smallest absolute Gasteiger partial charge is 0.248 e. The molecule has 1 aromatic carbocycles. The first kappa shape index (κ1) is 13.5. The first-order chi connectivity index (χ1) is 9.08. The minimum absolute atomic E-state index is 0.196. The van der Waals surface area contributed by atoms with E-state index in [4.69, 9.17) is 4.74 Å². The van der Waals surface area contributed by atoms with E-state index >= 15 is 0 Å². The molecule has 2 unspecified atom stereocenters. The van der Waals surface area contributed by atoms with Crippen LogP contribution in [0.3, 0.4) is 0 Å². The quantitative estimate of drug-likeness (QED) is 0.816. The summed E-state index contributed by atoms with van der Waals surface area (Å²) in [4.78, 5) is 23.4. The van der Waals surface area contributed by atoms with Crippen LogP contribution in [-0.4, -0.2) is 30.6 Å². The summed E-state index contributed by atoms with van der Waals surface area (Å²) in [7, 11) is 1.54. The fraction of sp³-hybridized carbons (Fsp3) is 0.429. The second-order valence-corrected chi connectivity index (χ2v) is 4.75. The number of amides is 2. The molecule has 0 bridgehead atoms. The van der Waals surface area contributed by atoms with E-state index in [-0.39, 0.29) is 17.9 Å². The molecule has 0 radical (unpaired) electrons. The Labute approximate surface area is 112 Å². The Morgan fingerprint density at radius 3 is 2.58 bits per heavy atom. The summed E-state index contributed by atoms with van der Waals surface area (Å²) in [5, 5.41) is 5.53. The third-order valence-electron chi connectivity index (χ3n) is 3.28. The minimum atomic E-state index is -0.893. The summed E-state index contributed by atoms with van der Waals surface area (Å²) in [6, 6.07) is 9.63. The molecule has 0 aliphatic heterocycles. The number of carbonyl (C=O) groups excluding carboxylic acids is 2. The fourth-order valence-electron chi connectivity index (χ4n) is 2.20. The van der Waals surface area contributed by atoms with Crippen molar-refractivity contribution in [2.45, 2.75) is 31.5 Å². The Balaban J connectivity index is 1.96. The predicted octanol–water partition coefficient (Wildman–Crippen LogP) is 0.596. The van der Waals surface area contributed by atoms with Crippen LogP contribution in [0, 0.1) is 0 Å². The molecule has 102 valence electrons. The number of benzene rings is 1. The molecule has 1 aromatic rings. The molecular formula is C14H18N2O3. The SMILES string of the molecule is COC1CC1(NC(C)=O)C(=O)NCc1ccccc1. The molecule has 2 N–H and O–H groups in total. The number of nitrogens with one attached hydrogen (secondary N) is 2. The van der Waals surface area contributed by atoms with Gasteiger partial charge >= 0.3 is 0 Å². The number of hydrogen-bond acceptors (Lipinski definition) is 3. The Hall–Kier alpha value is -1.88. The Bertz CT molecular complexity index is 475. The summed E-state index contributed by atoms with van der Waals surface area (Å²) in [6.07, 6.45) is 0.274. The highest BCUT2D eigenvalue weighted by Gasteiger charge is 2.61. The summed E-state index contributed by atoms with van der Waals surface area (Å²) in [6.45, 7) is 1.84. The van der Waals surface area contributed by atoms with Gasteiger partial charge in [0.25, 0.3) is 0 Å². The van der Waals surface area contributed by atoms with E-state index in [1.54, 1.807) is 7.11 Å². The number of hydrogen-bond donors (Lipinski definition) is 2. The van der Waals surface area contributed by atoms with Gasteiger partial charge in [0, 0.05) is 27.0 Å². The van der Waals surface area contributed by atoms with Gasteiger partial charge in [0.2, 0.25) is 11.8 Å². The van der Waals surface area contributed by atoms with E-state index in [0.29, 0.717) is 13.0 Å². The molecule has 5 heteroatoms. The van der Waals surface area contributed by atoms with Crippen molar-refractivity contribution in [2.75, 3.05) is 7.11 Å². The van der Waals surface area contributed by atoms with Gasteiger partial charge in [0.15, 0.2) is 0 Å². The van der Waals surface area contributed by atoms with Crippen molar-refractivity contribution in [3.05, 3.63) is 35.9 Å². The number of rotatable bonds is 5. The third-order valence-corrected chi connectivity index (χ3v) is 3.28. The van der Waals surface area contributed by atoms with Crippen molar-refractivity contribution in [3.63, 3.8) is 0 Å². The summed E-state index contributed by atoms with van der Waals surface area (Å²) in [5.74, 6) is -0.423. The maximum Gasteiger partial charge on any atom is 0.248 e. The van der Waals surface area contributed by atoms with Crippen LogP contribution in [0.2, 0.25) is 0 Å². The molecule has 5 nitrogen and oxygen atoms in total. The van der Waals surface area contributed by atoms with Crippen LogP contribution < -0.4 is 10.6 Å². The van der Waals surface area contributed by atoms with Crippen molar-refractivity contribution in [1.29, 1.82) is 0 Å². The molecule has 2 rings (SSSR count). The molecule has 2 atom stereocenters. The lowest BCUT2D eigenvalue weighted by molar-refractivity contribution is -0.130. The monoisotopic (exact) mass is 262 g/mol. The first-order valence-electron chi connectivity index (χ1n) is 6.22.